The van der Waals surface area contributed by atoms with Gasteiger partial charge in [-0.15, -0.1) is 10.2 Å². The van der Waals surface area contributed by atoms with Crippen LogP contribution in [0.4, 0.5) is 11.4 Å². The van der Waals surface area contributed by atoms with Crippen molar-refractivity contribution in [3.05, 3.63) is 60.7 Å². The second-order valence-corrected chi connectivity index (χ2v) is 3.86. The van der Waals surface area contributed by atoms with E-state index in [1.807, 2.05) is 60.7 Å². The maximum Gasteiger partial charge on any atom is 0.152 e. The van der Waals surface area contributed by atoms with Gasteiger partial charge < -0.3 is 0 Å². The summed E-state index contributed by atoms with van der Waals surface area (Å²) in [5, 5.41) is 9.26. The van der Waals surface area contributed by atoms with Crippen molar-refractivity contribution in [2.75, 3.05) is 10.2 Å². The van der Waals surface area contributed by atoms with E-state index in [0.29, 0.717) is 0 Å². The fourth-order valence-corrected chi connectivity index (χ4v) is 1.84. The monoisotopic (exact) mass is 239 g/mol. The predicted octanol–water partition coefficient (Wildman–Crippen LogP) is 1.96. The number of rotatable bonds is 2. The Labute approximate surface area is 105 Å². The standard InChI is InChI=1S/C13H13N5/c14-16-11-15-17(12-7-3-1-4-8-12)18(16)13-9-5-2-6-10-13/h1-11H,14H2. The minimum atomic E-state index is 0.946. The molecule has 0 aliphatic carbocycles. The van der Waals surface area contributed by atoms with Crippen LogP contribution in [0.2, 0.25) is 0 Å². The first-order valence-electron chi connectivity index (χ1n) is 5.64. The zero-order valence-corrected chi connectivity index (χ0v) is 9.72. The zero-order valence-electron chi connectivity index (χ0n) is 9.72. The van der Waals surface area contributed by atoms with E-state index >= 15 is 0 Å². The normalized spacial score (nSPS) is 14.4. The minimum Gasteiger partial charge on any atom is -0.225 e. The van der Waals surface area contributed by atoms with Crippen LogP contribution < -0.4 is 16.1 Å². The van der Waals surface area contributed by atoms with Gasteiger partial charge in [-0.2, -0.15) is 10.2 Å². The summed E-state index contributed by atoms with van der Waals surface area (Å²) >= 11 is 0. The number of para-hydroxylation sites is 2. The molecule has 2 aromatic carbocycles. The largest absolute Gasteiger partial charge is 0.225 e. The number of hydrazine groups is 3. The van der Waals surface area contributed by atoms with E-state index < -0.39 is 0 Å². The van der Waals surface area contributed by atoms with Crippen LogP contribution >= 0.6 is 0 Å². The van der Waals surface area contributed by atoms with Crippen molar-refractivity contribution in [1.29, 1.82) is 0 Å². The Morgan fingerprint density at radius 2 is 1.33 bits per heavy atom. The van der Waals surface area contributed by atoms with Gasteiger partial charge >= 0.3 is 0 Å². The Hall–Kier alpha value is -2.53. The summed E-state index contributed by atoms with van der Waals surface area (Å²) in [6.07, 6.45) is 1.57. The van der Waals surface area contributed by atoms with Gasteiger partial charge in [0.1, 0.15) is 0 Å². The molecule has 0 unspecified atom stereocenters. The molecule has 0 saturated heterocycles. The van der Waals surface area contributed by atoms with Crippen LogP contribution in [0.3, 0.4) is 0 Å². The van der Waals surface area contributed by atoms with Crippen molar-refractivity contribution in [3.63, 3.8) is 0 Å². The third-order valence-corrected chi connectivity index (χ3v) is 2.65. The second kappa shape index (κ2) is 4.38. The summed E-state index contributed by atoms with van der Waals surface area (Å²) in [7, 11) is 0. The molecule has 1 aliphatic rings. The Morgan fingerprint density at radius 3 is 1.94 bits per heavy atom. The maximum atomic E-state index is 5.91. The number of benzene rings is 2. The van der Waals surface area contributed by atoms with Crippen molar-refractivity contribution in [2.45, 2.75) is 0 Å². The van der Waals surface area contributed by atoms with Crippen molar-refractivity contribution in [2.24, 2.45) is 10.9 Å². The Bertz CT molecular complexity index is 540. The van der Waals surface area contributed by atoms with Crippen LogP contribution in [0.15, 0.2) is 65.8 Å². The summed E-state index contributed by atoms with van der Waals surface area (Å²) < 4.78 is 0. The summed E-state index contributed by atoms with van der Waals surface area (Å²) in [5.74, 6) is 5.91. The van der Waals surface area contributed by atoms with Crippen LogP contribution in [0.1, 0.15) is 0 Å². The molecule has 90 valence electrons. The summed E-state index contributed by atoms with van der Waals surface area (Å²) in [5.41, 5.74) is 1.90. The molecule has 1 heterocycles. The van der Waals surface area contributed by atoms with Gasteiger partial charge in [0.25, 0.3) is 0 Å². The lowest BCUT2D eigenvalue weighted by atomic mass is 10.3. The van der Waals surface area contributed by atoms with Crippen molar-refractivity contribution in [1.82, 2.24) is 5.12 Å². The highest BCUT2D eigenvalue weighted by molar-refractivity contribution is 5.69. The highest BCUT2D eigenvalue weighted by Gasteiger charge is 2.24. The molecule has 5 nitrogen and oxygen atoms in total. The van der Waals surface area contributed by atoms with Gasteiger partial charge in [0.15, 0.2) is 6.34 Å². The van der Waals surface area contributed by atoms with Gasteiger partial charge in [-0.05, 0) is 24.3 Å². The Kier molecular flexibility index (Phi) is 2.59. The number of nitrogens with two attached hydrogens (primary N) is 1. The van der Waals surface area contributed by atoms with Gasteiger partial charge in [0.05, 0.1) is 11.4 Å². The summed E-state index contributed by atoms with van der Waals surface area (Å²) in [6, 6.07) is 19.7. The molecule has 2 aromatic rings. The van der Waals surface area contributed by atoms with Crippen LogP contribution in [-0.4, -0.2) is 11.5 Å². The van der Waals surface area contributed by atoms with E-state index in [1.54, 1.807) is 16.6 Å². The fourth-order valence-electron chi connectivity index (χ4n) is 1.84. The lowest BCUT2D eigenvalue weighted by molar-refractivity contribution is 0.429. The topological polar surface area (TPSA) is 48.1 Å². The van der Waals surface area contributed by atoms with E-state index in [1.165, 1.54) is 5.12 Å². The number of hydrazone groups is 1. The lowest BCUT2D eigenvalue weighted by Crippen LogP contribution is -2.49. The van der Waals surface area contributed by atoms with Crippen LogP contribution in [-0.2, 0) is 0 Å². The molecule has 18 heavy (non-hydrogen) atoms. The van der Waals surface area contributed by atoms with Gasteiger partial charge in [0, 0.05) is 0 Å². The van der Waals surface area contributed by atoms with Gasteiger partial charge in [-0.1, -0.05) is 36.4 Å². The molecular weight excluding hydrogens is 226 g/mol. The van der Waals surface area contributed by atoms with Crippen molar-refractivity contribution in [3.8, 4) is 0 Å². The van der Waals surface area contributed by atoms with E-state index in [9.17, 15) is 0 Å². The fraction of sp³-hybridized carbons (Fsp3) is 0. The highest BCUT2D eigenvalue weighted by Crippen LogP contribution is 2.25. The molecule has 0 saturated carbocycles. The van der Waals surface area contributed by atoms with E-state index in [4.69, 9.17) is 5.84 Å². The van der Waals surface area contributed by atoms with Crippen molar-refractivity contribution >= 4 is 17.7 Å². The molecule has 0 fully saturated rings. The van der Waals surface area contributed by atoms with E-state index in [0.717, 1.165) is 11.4 Å². The summed E-state index contributed by atoms with van der Waals surface area (Å²) in [4.78, 5) is 0. The quantitative estimate of drug-likeness (QED) is 0.814. The van der Waals surface area contributed by atoms with Crippen LogP contribution in [0.25, 0.3) is 0 Å². The number of nitrogens with zero attached hydrogens (tertiary/aromatic N) is 4. The maximum absolute atomic E-state index is 5.91. The van der Waals surface area contributed by atoms with Crippen LogP contribution in [0, 0.1) is 0 Å². The Balaban J connectivity index is 1.98. The van der Waals surface area contributed by atoms with Crippen molar-refractivity contribution < 1.29 is 0 Å². The first-order valence-corrected chi connectivity index (χ1v) is 5.64. The van der Waals surface area contributed by atoms with Crippen LogP contribution in [0.5, 0.6) is 0 Å². The third kappa shape index (κ3) is 1.76. The number of hydrogen-bond donors (Lipinski definition) is 1. The molecule has 1 aliphatic heterocycles. The average Bonchev–Trinajstić information content (AvgIpc) is 2.83. The molecule has 0 amide bonds. The SMILES string of the molecule is NN1C=NN(c2ccccc2)N1c1ccccc1. The molecule has 3 rings (SSSR count). The van der Waals surface area contributed by atoms with Gasteiger partial charge in [0.2, 0.25) is 0 Å². The molecule has 2 N–H and O–H groups in total. The zero-order chi connectivity index (χ0) is 12.4. The Morgan fingerprint density at radius 1 is 0.778 bits per heavy atom. The second-order valence-electron chi connectivity index (χ2n) is 3.86. The summed E-state index contributed by atoms with van der Waals surface area (Å²) in [6.45, 7) is 0. The predicted molar refractivity (Wildman–Crippen MR) is 72.4 cm³/mol. The number of hydrogen-bond acceptors (Lipinski definition) is 5. The van der Waals surface area contributed by atoms with Gasteiger partial charge in [-0.25, -0.2) is 5.84 Å². The molecule has 0 atom stereocenters. The third-order valence-electron chi connectivity index (χ3n) is 2.65. The molecule has 0 radical (unpaired) electrons. The molecule has 5 heteroatoms. The first-order chi connectivity index (χ1) is 8.86. The van der Waals surface area contributed by atoms with Gasteiger partial charge in [-0.3, -0.25) is 0 Å². The molecular formula is C13H13N5. The number of anilines is 2. The first kappa shape index (κ1) is 10.6. The average molecular weight is 239 g/mol. The molecule has 0 spiro atoms. The van der Waals surface area contributed by atoms with E-state index in [2.05, 4.69) is 5.10 Å². The minimum absolute atomic E-state index is 0.946. The molecule has 0 bridgehead atoms. The smallest absolute Gasteiger partial charge is 0.152 e. The highest BCUT2D eigenvalue weighted by atomic mass is 16.0. The molecule has 0 aromatic heterocycles. The lowest BCUT2D eigenvalue weighted by Gasteiger charge is -2.31. The van der Waals surface area contributed by atoms with E-state index in [-0.39, 0.29) is 0 Å².